The molecule has 0 atom stereocenters. The Kier molecular flexibility index (Phi) is 5.00. The first kappa shape index (κ1) is 18.7. The van der Waals surface area contributed by atoms with Crippen molar-refractivity contribution in [3.63, 3.8) is 0 Å². The Balaban J connectivity index is 1.51. The van der Waals surface area contributed by atoms with E-state index in [0.717, 1.165) is 41.5 Å². The molecule has 0 unspecified atom stereocenters. The van der Waals surface area contributed by atoms with Gasteiger partial charge in [0, 0.05) is 12.3 Å². The van der Waals surface area contributed by atoms with Crippen LogP contribution in [0.3, 0.4) is 0 Å². The number of benzene rings is 1. The van der Waals surface area contributed by atoms with E-state index in [1.54, 1.807) is 23.1 Å². The van der Waals surface area contributed by atoms with Gasteiger partial charge in [-0.25, -0.2) is 4.68 Å². The highest BCUT2D eigenvalue weighted by Crippen LogP contribution is 2.22. The van der Waals surface area contributed by atoms with Crippen molar-refractivity contribution >= 4 is 11.7 Å². The third-order valence-corrected chi connectivity index (χ3v) is 5.17. The van der Waals surface area contributed by atoms with Gasteiger partial charge in [0.05, 0.1) is 12.7 Å². The lowest BCUT2D eigenvalue weighted by Gasteiger charge is -2.12. The Hall–Kier alpha value is -3.66. The van der Waals surface area contributed by atoms with Crippen LogP contribution < -0.4 is 10.9 Å². The number of carbonyl (C=O) groups is 1. The molecule has 2 aromatic heterocycles. The summed E-state index contributed by atoms with van der Waals surface area (Å²) in [6.07, 6.45) is 5.85. The lowest BCUT2D eigenvalue weighted by atomic mass is 10.1. The van der Waals surface area contributed by atoms with Gasteiger partial charge < -0.3 is 9.88 Å². The Morgan fingerprint density at radius 2 is 2.17 bits per heavy atom. The first-order chi connectivity index (χ1) is 14.0. The molecule has 0 saturated heterocycles. The highest BCUT2D eigenvalue weighted by atomic mass is 16.2. The second kappa shape index (κ2) is 7.76. The summed E-state index contributed by atoms with van der Waals surface area (Å²) in [6, 6.07) is 11.8. The molecule has 146 valence electrons. The number of fused-ring (bicyclic) bond motifs is 1. The molecule has 1 aliphatic carbocycles. The number of rotatable bonds is 5. The topological polar surface area (TPSA) is 92.7 Å². The van der Waals surface area contributed by atoms with Crippen LogP contribution in [0.15, 0.2) is 47.5 Å². The van der Waals surface area contributed by atoms with Crippen LogP contribution in [0.5, 0.6) is 0 Å². The fraction of sp³-hybridized carbons (Fsp3) is 0.273. The number of pyridine rings is 1. The minimum absolute atomic E-state index is 0.142. The van der Waals surface area contributed by atoms with E-state index in [-0.39, 0.29) is 18.0 Å². The van der Waals surface area contributed by atoms with E-state index in [1.807, 2.05) is 31.2 Å². The van der Waals surface area contributed by atoms with Gasteiger partial charge in [-0.1, -0.05) is 29.8 Å². The van der Waals surface area contributed by atoms with E-state index < -0.39 is 5.56 Å². The van der Waals surface area contributed by atoms with Gasteiger partial charge in [0.25, 0.3) is 5.56 Å². The van der Waals surface area contributed by atoms with Gasteiger partial charge in [0.2, 0.25) is 5.91 Å². The molecule has 3 aromatic rings. The number of aromatic nitrogens is 3. The van der Waals surface area contributed by atoms with Crippen molar-refractivity contribution in [3.8, 4) is 6.07 Å². The molecule has 4 rings (SSSR count). The number of hydrogen-bond acceptors (Lipinski definition) is 4. The molecule has 0 saturated carbocycles. The molecule has 0 spiro atoms. The van der Waals surface area contributed by atoms with Gasteiger partial charge >= 0.3 is 0 Å². The maximum absolute atomic E-state index is 12.6. The van der Waals surface area contributed by atoms with Crippen LogP contribution in [0.25, 0.3) is 0 Å². The summed E-state index contributed by atoms with van der Waals surface area (Å²) < 4.78 is 3.04. The number of nitrogens with one attached hydrogen (secondary N) is 1. The van der Waals surface area contributed by atoms with Gasteiger partial charge in [-0.15, -0.1) is 0 Å². The standard InChI is InChI=1S/C22H21N5O2/c1-15-4-2-5-16(10-15)12-27-20(8-9-24-27)25-21(28)14-26-13-17-6-3-7-18(17)19(11-23)22(26)29/h2,4-5,8-10,13H,3,6-7,12,14H2,1H3,(H,25,28). The predicted octanol–water partition coefficient (Wildman–Crippen LogP) is 2.40. The zero-order valence-corrected chi connectivity index (χ0v) is 16.2. The summed E-state index contributed by atoms with van der Waals surface area (Å²) in [5.41, 5.74) is 3.82. The summed E-state index contributed by atoms with van der Waals surface area (Å²) >= 11 is 0. The fourth-order valence-corrected chi connectivity index (χ4v) is 3.83. The second-order valence-electron chi connectivity index (χ2n) is 7.32. The Morgan fingerprint density at radius 1 is 1.31 bits per heavy atom. The molecule has 1 aromatic carbocycles. The zero-order valence-electron chi connectivity index (χ0n) is 16.2. The molecule has 0 fully saturated rings. The molecule has 7 heteroatoms. The van der Waals surface area contributed by atoms with E-state index in [2.05, 4.69) is 16.5 Å². The summed E-state index contributed by atoms with van der Waals surface area (Å²) in [6.45, 7) is 2.41. The van der Waals surface area contributed by atoms with Crippen LogP contribution in [0.2, 0.25) is 0 Å². The monoisotopic (exact) mass is 387 g/mol. The van der Waals surface area contributed by atoms with E-state index >= 15 is 0 Å². The average Bonchev–Trinajstić information content (AvgIpc) is 3.32. The van der Waals surface area contributed by atoms with Crippen LogP contribution in [0.1, 0.15) is 34.2 Å². The number of hydrogen-bond donors (Lipinski definition) is 1. The largest absolute Gasteiger partial charge is 0.309 e. The number of carbonyl (C=O) groups excluding carboxylic acids is 1. The van der Waals surface area contributed by atoms with E-state index in [4.69, 9.17) is 0 Å². The molecule has 1 N–H and O–H groups in total. The molecular weight excluding hydrogens is 366 g/mol. The summed E-state index contributed by atoms with van der Waals surface area (Å²) in [5.74, 6) is 0.228. The third kappa shape index (κ3) is 3.83. The van der Waals surface area contributed by atoms with Crippen molar-refractivity contribution in [2.24, 2.45) is 0 Å². The van der Waals surface area contributed by atoms with Crippen molar-refractivity contribution in [1.29, 1.82) is 5.26 Å². The van der Waals surface area contributed by atoms with Crippen molar-refractivity contribution in [2.45, 2.75) is 39.3 Å². The number of nitriles is 1. The SMILES string of the molecule is Cc1cccc(Cn2nccc2NC(=O)Cn2cc3c(c(C#N)c2=O)CCC3)c1. The van der Waals surface area contributed by atoms with Gasteiger partial charge in [-0.2, -0.15) is 10.4 Å². The van der Waals surface area contributed by atoms with Crippen LogP contribution in [-0.2, 0) is 30.7 Å². The summed E-state index contributed by atoms with van der Waals surface area (Å²) in [4.78, 5) is 25.2. The summed E-state index contributed by atoms with van der Waals surface area (Å²) in [7, 11) is 0. The highest BCUT2D eigenvalue weighted by Gasteiger charge is 2.20. The average molecular weight is 387 g/mol. The lowest BCUT2D eigenvalue weighted by Crippen LogP contribution is -2.30. The second-order valence-corrected chi connectivity index (χ2v) is 7.32. The Bertz CT molecular complexity index is 1180. The van der Waals surface area contributed by atoms with Crippen LogP contribution >= 0.6 is 0 Å². The van der Waals surface area contributed by atoms with Gasteiger partial charge in [0.1, 0.15) is 24.0 Å². The molecule has 0 bridgehead atoms. The minimum Gasteiger partial charge on any atom is -0.309 e. The molecule has 7 nitrogen and oxygen atoms in total. The smallest absolute Gasteiger partial charge is 0.269 e. The van der Waals surface area contributed by atoms with Crippen LogP contribution in [0, 0.1) is 18.3 Å². The van der Waals surface area contributed by atoms with Gasteiger partial charge in [0.15, 0.2) is 0 Å². The summed E-state index contributed by atoms with van der Waals surface area (Å²) in [5, 5.41) is 16.5. The number of nitrogens with zero attached hydrogens (tertiary/aromatic N) is 4. The maximum atomic E-state index is 12.6. The van der Waals surface area contributed by atoms with Crippen LogP contribution in [-0.4, -0.2) is 20.3 Å². The van der Waals surface area contributed by atoms with Crippen LogP contribution in [0.4, 0.5) is 5.82 Å². The molecule has 1 amide bonds. The Labute approximate surface area is 168 Å². The molecular formula is C22H21N5O2. The van der Waals surface area contributed by atoms with Gasteiger partial charge in [-0.3, -0.25) is 9.59 Å². The van der Waals surface area contributed by atoms with Crippen molar-refractivity contribution in [2.75, 3.05) is 5.32 Å². The molecule has 29 heavy (non-hydrogen) atoms. The number of aryl methyl sites for hydroxylation is 2. The van der Waals surface area contributed by atoms with Gasteiger partial charge in [-0.05, 0) is 42.9 Å². The lowest BCUT2D eigenvalue weighted by molar-refractivity contribution is -0.116. The van der Waals surface area contributed by atoms with Crippen molar-refractivity contribution in [3.05, 3.63) is 80.9 Å². The third-order valence-electron chi connectivity index (χ3n) is 5.17. The maximum Gasteiger partial charge on any atom is 0.269 e. The fourth-order valence-electron chi connectivity index (χ4n) is 3.83. The Morgan fingerprint density at radius 3 is 2.97 bits per heavy atom. The van der Waals surface area contributed by atoms with E-state index in [0.29, 0.717) is 12.4 Å². The molecule has 1 aliphatic rings. The highest BCUT2D eigenvalue weighted by molar-refractivity contribution is 5.89. The number of anilines is 1. The first-order valence-electron chi connectivity index (χ1n) is 9.57. The normalized spacial score (nSPS) is 12.4. The van der Waals surface area contributed by atoms with E-state index in [9.17, 15) is 14.9 Å². The quantitative estimate of drug-likeness (QED) is 0.728. The predicted molar refractivity (Wildman–Crippen MR) is 109 cm³/mol. The van der Waals surface area contributed by atoms with E-state index in [1.165, 1.54) is 4.57 Å². The molecule has 2 heterocycles. The zero-order chi connectivity index (χ0) is 20.4. The first-order valence-corrected chi connectivity index (χ1v) is 9.57. The molecule has 0 aliphatic heterocycles. The minimum atomic E-state index is -0.406. The van der Waals surface area contributed by atoms with Crippen molar-refractivity contribution in [1.82, 2.24) is 14.3 Å². The van der Waals surface area contributed by atoms with Crippen molar-refractivity contribution < 1.29 is 4.79 Å². The number of amides is 1. The molecule has 0 radical (unpaired) electrons.